The van der Waals surface area contributed by atoms with Crippen LogP contribution in [0.4, 0.5) is 0 Å². The van der Waals surface area contributed by atoms with Gasteiger partial charge in [-0.25, -0.2) is 0 Å². The zero-order valence-electron chi connectivity index (χ0n) is 13.3. The van der Waals surface area contributed by atoms with E-state index in [1.165, 1.54) is 0 Å². The van der Waals surface area contributed by atoms with Crippen LogP contribution in [0.25, 0.3) is 0 Å². The summed E-state index contributed by atoms with van der Waals surface area (Å²) in [6.45, 7) is 6.97. The normalized spacial score (nSPS) is 12.4. The third-order valence-electron chi connectivity index (χ3n) is 3.78. The van der Waals surface area contributed by atoms with E-state index in [2.05, 4.69) is 25.0 Å². The molecule has 0 radical (unpaired) electrons. The van der Waals surface area contributed by atoms with Gasteiger partial charge in [-0.05, 0) is 49.6 Å². The fraction of sp³-hybridized carbons (Fsp3) is 0.471. The van der Waals surface area contributed by atoms with Crippen LogP contribution in [-0.2, 0) is 19.4 Å². The van der Waals surface area contributed by atoms with E-state index in [9.17, 15) is 5.11 Å². The van der Waals surface area contributed by atoms with Gasteiger partial charge in [-0.15, -0.1) is 0 Å². The van der Waals surface area contributed by atoms with Crippen molar-refractivity contribution in [3.05, 3.63) is 46.8 Å². The number of aryl methyl sites for hydroxylation is 3. The van der Waals surface area contributed by atoms with E-state index < -0.39 is 6.10 Å². The molecule has 1 N–H and O–H groups in total. The Morgan fingerprint density at radius 2 is 2.05 bits per heavy atom. The van der Waals surface area contributed by atoms with Crippen LogP contribution in [0, 0.1) is 6.92 Å². The largest absolute Gasteiger partial charge is 0.496 e. The average molecular weight is 288 g/mol. The van der Waals surface area contributed by atoms with Gasteiger partial charge in [-0.2, -0.15) is 5.10 Å². The summed E-state index contributed by atoms with van der Waals surface area (Å²) in [5.41, 5.74) is 4.10. The summed E-state index contributed by atoms with van der Waals surface area (Å²) in [4.78, 5) is 0. The van der Waals surface area contributed by atoms with Crippen LogP contribution in [0.1, 0.15) is 42.5 Å². The summed E-state index contributed by atoms with van der Waals surface area (Å²) in [5.74, 6) is 0.845. The molecule has 0 amide bonds. The Balaban J connectivity index is 2.19. The molecule has 21 heavy (non-hydrogen) atoms. The lowest BCUT2D eigenvalue weighted by Gasteiger charge is -2.14. The molecular weight excluding hydrogens is 264 g/mol. The van der Waals surface area contributed by atoms with E-state index in [0.29, 0.717) is 6.42 Å². The molecule has 114 valence electrons. The van der Waals surface area contributed by atoms with Gasteiger partial charge in [0.05, 0.1) is 18.9 Å². The molecule has 4 heteroatoms. The second kappa shape index (κ2) is 6.76. The van der Waals surface area contributed by atoms with Crippen LogP contribution in [0.15, 0.2) is 24.3 Å². The lowest BCUT2D eigenvalue weighted by atomic mass is 10.0. The van der Waals surface area contributed by atoms with Crippen molar-refractivity contribution in [2.75, 3.05) is 7.11 Å². The summed E-state index contributed by atoms with van der Waals surface area (Å²) in [7, 11) is 1.66. The molecule has 2 rings (SSSR count). The van der Waals surface area contributed by atoms with Crippen LogP contribution >= 0.6 is 0 Å². The minimum Gasteiger partial charge on any atom is -0.496 e. The number of hydrogen-bond acceptors (Lipinski definition) is 3. The van der Waals surface area contributed by atoms with Crippen molar-refractivity contribution in [1.82, 2.24) is 9.78 Å². The van der Waals surface area contributed by atoms with Crippen LogP contribution < -0.4 is 4.74 Å². The fourth-order valence-corrected chi connectivity index (χ4v) is 2.55. The second-order valence-corrected chi connectivity index (χ2v) is 5.25. The van der Waals surface area contributed by atoms with E-state index >= 15 is 0 Å². The molecule has 2 aromatic rings. The summed E-state index contributed by atoms with van der Waals surface area (Å²) in [6, 6.07) is 7.90. The Labute approximate surface area is 126 Å². The number of nitrogens with zero attached hydrogens (tertiary/aromatic N) is 2. The molecule has 1 aromatic carbocycles. The zero-order valence-corrected chi connectivity index (χ0v) is 13.3. The van der Waals surface area contributed by atoms with Gasteiger partial charge < -0.3 is 9.84 Å². The molecule has 1 atom stereocenters. The number of hydrogen-bond donors (Lipinski definition) is 1. The third kappa shape index (κ3) is 3.45. The zero-order chi connectivity index (χ0) is 15.4. The summed E-state index contributed by atoms with van der Waals surface area (Å²) < 4.78 is 7.23. The van der Waals surface area contributed by atoms with Crippen molar-refractivity contribution in [3.8, 4) is 5.75 Å². The van der Waals surface area contributed by atoms with Gasteiger partial charge in [0.2, 0.25) is 0 Å². The first-order chi connectivity index (χ1) is 10.1. The van der Waals surface area contributed by atoms with Gasteiger partial charge in [-0.3, -0.25) is 4.68 Å². The average Bonchev–Trinajstić information content (AvgIpc) is 2.89. The van der Waals surface area contributed by atoms with Crippen molar-refractivity contribution in [3.63, 3.8) is 0 Å². The van der Waals surface area contributed by atoms with Gasteiger partial charge in [-0.1, -0.05) is 13.0 Å². The van der Waals surface area contributed by atoms with Crippen LogP contribution in [0.3, 0.4) is 0 Å². The smallest absolute Gasteiger partial charge is 0.121 e. The SMILES string of the molecule is CCc1cc(CC(O)c2ccc(OC)c(C)c2)n(CC)n1. The molecule has 1 aromatic heterocycles. The van der Waals surface area contributed by atoms with E-state index in [1.807, 2.05) is 29.8 Å². The minimum absolute atomic E-state index is 0.527. The Morgan fingerprint density at radius 3 is 2.62 bits per heavy atom. The van der Waals surface area contributed by atoms with Crippen molar-refractivity contribution in [2.24, 2.45) is 0 Å². The predicted octanol–water partition coefficient (Wildman–Crippen LogP) is 3.06. The first-order valence-corrected chi connectivity index (χ1v) is 7.47. The Hall–Kier alpha value is -1.81. The molecule has 0 saturated carbocycles. The second-order valence-electron chi connectivity index (χ2n) is 5.25. The lowest BCUT2D eigenvalue weighted by Crippen LogP contribution is -2.08. The molecule has 0 bridgehead atoms. The van der Waals surface area contributed by atoms with Gasteiger partial charge in [0, 0.05) is 18.7 Å². The highest BCUT2D eigenvalue weighted by Gasteiger charge is 2.14. The van der Waals surface area contributed by atoms with Crippen LogP contribution in [0.5, 0.6) is 5.75 Å². The number of aromatic nitrogens is 2. The van der Waals surface area contributed by atoms with Crippen LogP contribution in [0.2, 0.25) is 0 Å². The van der Waals surface area contributed by atoms with E-state index in [1.54, 1.807) is 7.11 Å². The maximum Gasteiger partial charge on any atom is 0.121 e. The predicted molar refractivity (Wildman–Crippen MR) is 83.7 cm³/mol. The summed E-state index contributed by atoms with van der Waals surface area (Å²) >= 11 is 0. The number of rotatable bonds is 6. The number of aliphatic hydroxyl groups excluding tert-OH is 1. The Morgan fingerprint density at radius 1 is 1.29 bits per heavy atom. The van der Waals surface area contributed by atoms with Crippen molar-refractivity contribution >= 4 is 0 Å². The molecular formula is C17H24N2O2. The van der Waals surface area contributed by atoms with Crippen molar-refractivity contribution in [1.29, 1.82) is 0 Å². The minimum atomic E-state index is -0.527. The molecule has 1 unspecified atom stereocenters. The molecule has 4 nitrogen and oxygen atoms in total. The molecule has 0 aliphatic heterocycles. The maximum absolute atomic E-state index is 10.5. The quantitative estimate of drug-likeness (QED) is 0.888. The molecule has 0 aliphatic carbocycles. The third-order valence-corrected chi connectivity index (χ3v) is 3.78. The van der Waals surface area contributed by atoms with Crippen molar-refractivity contribution in [2.45, 2.75) is 46.3 Å². The van der Waals surface area contributed by atoms with Crippen molar-refractivity contribution < 1.29 is 9.84 Å². The number of methoxy groups -OCH3 is 1. The fourth-order valence-electron chi connectivity index (χ4n) is 2.55. The highest BCUT2D eigenvalue weighted by Crippen LogP contribution is 2.25. The van der Waals surface area contributed by atoms with Gasteiger partial charge in [0.15, 0.2) is 0 Å². The molecule has 0 fully saturated rings. The van der Waals surface area contributed by atoms with Gasteiger partial charge in [0.25, 0.3) is 0 Å². The Kier molecular flexibility index (Phi) is 5.02. The number of aliphatic hydroxyl groups is 1. The summed E-state index contributed by atoms with van der Waals surface area (Å²) in [6.07, 6.45) is 0.964. The molecule has 1 heterocycles. The highest BCUT2D eigenvalue weighted by molar-refractivity contribution is 5.37. The standard InChI is InChI=1S/C17H24N2O2/c1-5-14-10-15(19(6-2)18-14)11-16(20)13-7-8-17(21-4)12(3)9-13/h7-10,16,20H,5-6,11H2,1-4H3. The monoisotopic (exact) mass is 288 g/mol. The molecule has 0 saturated heterocycles. The number of benzene rings is 1. The van der Waals surface area contributed by atoms with Crippen LogP contribution in [-0.4, -0.2) is 22.0 Å². The molecule has 0 aliphatic rings. The molecule has 0 spiro atoms. The van der Waals surface area contributed by atoms with E-state index in [-0.39, 0.29) is 0 Å². The van der Waals surface area contributed by atoms with Gasteiger partial charge in [0.1, 0.15) is 5.75 Å². The van der Waals surface area contributed by atoms with E-state index in [4.69, 9.17) is 4.74 Å². The summed E-state index contributed by atoms with van der Waals surface area (Å²) in [5, 5.41) is 15.0. The first kappa shape index (κ1) is 15.6. The Bertz CT molecular complexity index is 605. The lowest BCUT2D eigenvalue weighted by molar-refractivity contribution is 0.175. The van der Waals surface area contributed by atoms with Gasteiger partial charge >= 0.3 is 0 Å². The maximum atomic E-state index is 10.5. The number of ether oxygens (including phenoxy) is 1. The highest BCUT2D eigenvalue weighted by atomic mass is 16.5. The first-order valence-electron chi connectivity index (χ1n) is 7.47. The van der Waals surface area contributed by atoms with E-state index in [0.717, 1.165) is 41.2 Å². The topological polar surface area (TPSA) is 47.3 Å².